The maximum Gasteiger partial charge on any atom is 0.389 e. The number of unbranched alkanes of at least 4 members (excludes halogenated alkanes) is 12. The molecule has 0 fully saturated rings. The Balaban J connectivity index is 3.28. The van der Waals surface area contributed by atoms with Gasteiger partial charge in [-0.25, -0.2) is 8.78 Å². The van der Waals surface area contributed by atoms with Crippen LogP contribution in [0.5, 0.6) is 0 Å². The van der Waals surface area contributed by atoms with Gasteiger partial charge in [-0.15, -0.1) is 0 Å². The predicted octanol–water partition coefficient (Wildman–Crippen LogP) is 9.24. The lowest BCUT2D eigenvalue weighted by Crippen LogP contribution is -2.17. The lowest BCUT2D eigenvalue weighted by atomic mass is 10.0. The number of halogens is 5. The van der Waals surface area contributed by atoms with Crippen molar-refractivity contribution in [1.82, 2.24) is 0 Å². The largest absolute Gasteiger partial charge is 0.389 e. The van der Waals surface area contributed by atoms with E-state index >= 15 is 0 Å². The summed E-state index contributed by atoms with van der Waals surface area (Å²) in [6.45, 7) is 4.22. The molecule has 29 heavy (non-hydrogen) atoms. The fourth-order valence-corrected chi connectivity index (χ4v) is 3.43. The van der Waals surface area contributed by atoms with E-state index in [-0.39, 0.29) is 25.4 Å². The number of hydrogen-bond donors (Lipinski definition) is 0. The second-order valence-electron chi connectivity index (χ2n) is 8.59. The third-order valence-corrected chi connectivity index (χ3v) is 5.14. The molecule has 0 bridgehead atoms. The smallest absolute Gasteiger partial charge is 0.379 e. The van der Waals surface area contributed by atoms with Gasteiger partial charge in [0.1, 0.15) is 0 Å². The molecule has 0 saturated carbocycles. The minimum absolute atomic E-state index is 0.0162. The lowest BCUT2D eigenvalue weighted by Gasteiger charge is -2.16. The molecule has 0 saturated heterocycles. The van der Waals surface area contributed by atoms with Gasteiger partial charge in [0.05, 0.1) is 6.10 Å². The predicted molar refractivity (Wildman–Crippen MR) is 111 cm³/mol. The summed E-state index contributed by atoms with van der Waals surface area (Å²) in [5.41, 5.74) is 0. The molecule has 0 spiro atoms. The summed E-state index contributed by atoms with van der Waals surface area (Å²) < 4.78 is 68.8. The zero-order valence-electron chi connectivity index (χ0n) is 18.6. The highest BCUT2D eigenvalue weighted by Crippen LogP contribution is 2.27. The monoisotopic (exact) mass is 430 g/mol. The van der Waals surface area contributed by atoms with E-state index < -0.39 is 18.5 Å². The molecule has 0 rings (SSSR count). The second kappa shape index (κ2) is 17.3. The van der Waals surface area contributed by atoms with Crippen LogP contribution in [0.15, 0.2) is 0 Å². The van der Waals surface area contributed by atoms with Crippen molar-refractivity contribution in [3.05, 3.63) is 0 Å². The molecule has 0 aromatic carbocycles. The van der Waals surface area contributed by atoms with Gasteiger partial charge in [0.2, 0.25) is 5.92 Å². The summed E-state index contributed by atoms with van der Waals surface area (Å²) >= 11 is 0. The molecule has 1 nitrogen and oxygen atoms in total. The summed E-state index contributed by atoms with van der Waals surface area (Å²) in [6, 6.07) is 0. The van der Waals surface area contributed by atoms with Gasteiger partial charge in [0, 0.05) is 25.9 Å². The first kappa shape index (κ1) is 28.6. The molecular weight excluding hydrogens is 387 g/mol. The number of ether oxygens (including phenoxy) is 1. The SMILES string of the molecule is CC(C)OCCCC(F)(F)CCCCCCCCCCCCCCCC(F)(F)F. The fourth-order valence-electron chi connectivity index (χ4n) is 3.43. The Morgan fingerprint density at radius 2 is 0.862 bits per heavy atom. The summed E-state index contributed by atoms with van der Waals surface area (Å²) in [5, 5.41) is 0. The maximum atomic E-state index is 13.7. The van der Waals surface area contributed by atoms with E-state index in [1.54, 1.807) is 0 Å². The molecule has 0 heterocycles. The molecular formula is C23H43F5O. The van der Waals surface area contributed by atoms with E-state index in [4.69, 9.17) is 4.74 Å². The highest BCUT2D eigenvalue weighted by atomic mass is 19.4. The normalized spacial score (nSPS) is 12.8. The molecule has 0 aliphatic heterocycles. The van der Waals surface area contributed by atoms with Crippen molar-refractivity contribution >= 4 is 0 Å². The van der Waals surface area contributed by atoms with Gasteiger partial charge in [-0.1, -0.05) is 70.6 Å². The van der Waals surface area contributed by atoms with Crippen LogP contribution in [0, 0.1) is 0 Å². The van der Waals surface area contributed by atoms with Gasteiger partial charge in [-0.3, -0.25) is 0 Å². The highest BCUT2D eigenvalue weighted by molar-refractivity contribution is 4.66. The second-order valence-corrected chi connectivity index (χ2v) is 8.59. The summed E-state index contributed by atoms with van der Waals surface area (Å²) in [6.07, 6.45) is 7.90. The van der Waals surface area contributed by atoms with Crippen LogP contribution in [0.25, 0.3) is 0 Å². The fraction of sp³-hybridized carbons (Fsp3) is 1.00. The molecule has 0 atom stereocenters. The molecule has 0 aromatic heterocycles. The highest BCUT2D eigenvalue weighted by Gasteiger charge is 2.27. The first-order valence-corrected chi connectivity index (χ1v) is 11.7. The average Bonchev–Trinajstić information content (AvgIpc) is 2.61. The minimum Gasteiger partial charge on any atom is -0.379 e. The first-order chi connectivity index (χ1) is 13.6. The third kappa shape index (κ3) is 23.8. The van der Waals surface area contributed by atoms with E-state index in [0.29, 0.717) is 25.9 Å². The van der Waals surface area contributed by atoms with Crippen molar-refractivity contribution < 1.29 is 26.7 Å². The van der Waals surface area contributed by atoms with Crippen LogP contribution >= 0.6 is 0 Å². The number of rotatable bonds is 20. The van der Waals surface area contributed by atoms with Gasteiger partial charge in [-0.2, -0.15) is 13.2 Å². The summed E-state index contributed by atoms with van der Waals surface area (Å²) in [7, 11) is 0. The Bertz CT molecular complexity index is 356. The topological polar surface area (TPSA) is 9.23 Å². The molecule has 0 aliphatic carbocycles. The van der Waals surface area contributed by atoms with Crippen molar-refractivity contribution in [2.45, 2.75) is 141 Å². The van der Waals surface area contributed by atoms with E-state index in [1.165, 1.54) is 12.8 Å². The van der Waals surface area contributed by atoms with Gasteiger partial charge < -0.3 is 4.74 Å². The van der Waals surface area contributed by atoms with E-state index in [0.717, 1.165) is 51.4 Å². The molecule has 0 aromatic rings. The molecule has 0 aliphatic rings. The lowest BCUT2D eigenvalue weighted by molar-refractivity contribution is -0.135. The molecule has 6 heteroatoms. The van der Waals surface area contributed by atoms with Crippen LogP contribution in [-0.2, 0) is 4.74 Å². The zero-order chi connectivity index (χ0) is 22.0. The van der Waals surface area contributed by atoms with Crippen molar-refractivity contribution in [3.8, 4) is 0 Å². The third-order valence-electron chi connectivity index (χ3n) is 5.14. The van der Waals surface area contributed by atoms with Gasteiger partial charge in [0.15, 0.2) is 0 Å². The van der Waals surface area contributed by atoms with Crippen LogP contribution in [0.1, 0.15) is 123 Å². The molecule has 0 unspecified atom stereocenters. The van der Waals surface area contributed by atoms with E-state index in [9.17, 15) is 22.0 Å². The Kier molecular flexibility index (Phi) is 17.1. The Hall–Kier alpha value is -0.390. The van der Waals surface area contributed by atoms with Crippen molar-refractivity contribution in [2.24, 2.45) is 0 Å². The average molecular weight is 431 g/mol. The van der Waals surface area contributed by atoms with Crippen molar-refractivity contribution in [1.29, 1.82) is 0 Å². The maximum absolute atomic E-state index is 13.7. The van der Waals surface area contributed by atoms with Crippen LogP contribution in [0.2, 0.25) is 0 Å². The zero-order valence-corrected chi connectivity index (χ0v) is 18.6. The van der Waals surface area contributed by atoms with Crippen LogP contribution in [0.4, 0.5) is 22.0 Å². The molecule has 0 N–H and O–H groups in total. The molecule has 0 amide bonds. The Morgan fingerprint density at radius 1 is 0.517 bits per heavy atom. The van der Waals surface area contributed by atoms with Crippen LogP contribution in [-0.4, -0.2) is 24.8 Å². The standard InChI is InChI=1S/C23H43F5O/c1-21(2)29-20-16-18-22(24,25)17-14-12-10-8-6-4-3-5-7-9-11-13-15-19-23(26,27)28/h21H,3-20H2,1-2H3. The summed E-state index contributed by atoms with van der Waals surface area (Å²) in [4.78, 5) is 0. The first-order valence-electron chi connectivity index (χ1n) is 11.7. The number of alkyl halides is 5. The van der Waals surface area contributed by atoms with Crippen molar-refractivity contribution in [3.63, 3.8) is 0 Å². The van der Waals surface area contributed by atoms with Gasteiger partial charge in [0.25, 0.3) is 0 Å². The van der Waals surface area contributed by atoms with Crippen molar-refractivity contribution in [2.75, 3.05) is 6.61 Å². The van der Waals surface area contributed by atoms with E-state index in [2.05, 4.69) is 0 Å². The minimum atomic E-state index is -4.01. The molecule has 0 radical (unpaired) electrons. The van der Waals surface area contributed by atoms with Gasteiger partial charge in [-0.05, 0) is 33.1 Å². The van der Waals surface area contributed by atoms with Crippen LogP contribution in [0.3, 0.4) is 0 Å². The van der Waals surface area contributed by atoms with E-state index in [1.807, 2.05) is 13.8 Å². The Morgan fingerprint density at radius 3 is 1.24 bits per heavy atom. The quantitative estimate of drug-likeness (QED) is 0.138. The number of hydrogen-bond acceptors (Lipinski definition) is 1. The van der Waals surface area contributed by atoms with Crippen LogP contribution < -0.4 is 0 Å². The summed E-state index contributed by atoms with van der Waals surface area (Å²) in [5.74, 6) is -2.56. The Labute approximate surface area is 175 Å². The van der Waals surface area contributed by atoms with Gasteiger partial charge >= 0.3 is 6.18 Å². The molecule has 176 valence electrons.